The number of hydrogen-bond acceptors (Lipinski definition) is 5. The van der Waals surface area contributed by atoms with Gasteiger partial charge in [0.2, 0.25) is 5.88 Å². The van der Waals surface area contributed by atoms with Crippen LogP contribution in [-0.4, -0.2) is 59.4 Å². The Morgan fingerprint density at radius 2 is 2.45 bits per heavy atom. The van der Waals surface area contributed by atoms with Crippen molar-refractivity contribution in [1.82, 2.24) is 9.88 Å². The van der Waals surface area contributed by atoms with Gasteiger partial charge in [0.05, 0.1) is 30.9 Å². The van der Waals surface area contributed by atoms with Gasteiger partial charge in [-0.3, -0.25) is 4.79 Å². The number of methoxy groups -OCH3 is 1. The molecule has 1 spiro atoms. The van der Waals surface area contributed by atoms with Crippen LogP contribution in [0.1, 0.15) is 23.2 Å². The normalized spacial score (nSPS) is 35.7. The molecule has 0 unspecified atom stereocenters. The Bertz CT molecular complexity index is 590. The van der Waals surface area contributed by atoms with Gasteiger partial charge in [-0.15, -0.1) is 0 Å². The average molecular weight is 304 g/mol. The lowest BCUT2D eigenvalue weighted by atomic mass is 9.74. The van der Waals surface area contributed by atoms with E-state index in [0.717, 1.165) is 12.8 Å². The van der Waals surface area contributed by atoms with Crippen LogP contribution in [0.3, 0.4) is 0 Å². The van der Waals surface area contributed by atoms with E-state index in [-0.39, 0.29) is 36.1 Å². The Hall–Kier alpha value is -1.66. The van der Waals surface area contributed by atoms with E-state index in [2.05, 4.69) is 4.98 Å². The van der Waals surface area contributed by atoms with E-state index >= 15 is 0 Å². The summed E-state index contributed by atoms with van der Waals surface area (Å²) in [5.41, 5.74) is 0.334. The van der Waals surface area contributed by atoms with Crippen LogP contribution in [0.15, 0.2) is 18.3 Å². The van der Waals surface area contributed by atoms with E-state index < -0.39 is 0 Å². The number of aliphatic hydroxyl groups excluding tert-OH is 1. The third-order valence-electron chi connectivity index (χ3n) is 5.47. The molecule has 22 heavy (non-hydrogen) atoms. The zero-order chi connectivity index (χ0) is 15.3. The highest BCUT2D eigenvalue weighted by Gasteiger charge is 2.63. The number of aliphatic hydroxyl groups is 1. The van der Waals surface area contributed by atoms with Gasteiger partial charge in [-0.05, 0) is 18.9 Å². The minimum atomic E-state index is -0.229. The fourth-order valence-corrected chi connectivity index (χ4v) is 4.40. The van der Waals surface area contributed by atoms with Crippen LogP contribution in [0.5, 0.6) is 5.88 Å². The zero-order valence-corrected chi connectivity index (χ0v) is 12.6. The monoisotopic (exact) mass is 304 g/mol. The molecule has 2 bridgehead atoms. The smallest absolute Gasteiger partial charge is 0.255 e. The van der Waals surface area contributed by atoms with Crippen LogP contribution in [-0.2, 0) is 4.74 Å². The molecule has 1 N–H and O–H groups in total. The van der Waals surface area contributed by atoms with Crippen molar-refractivity contribution in [3.05, 3.63) is 23.9 Å². The lowest BCUT2D eigenvalue weighted by Crippen LogP contribution is -2.38. The summed E-state index contributed by atoms with van der Waals surface area (Å²) in [6, 6.07) is 3.43. The Kier molecular flexibility index (Phi) is 3.13. The molecular formula is C16H20N2O4. The van der Waals surface area contributed by atoms with E-state index in [1.165, 1.54) is 0 Å². The first-order valence-electron chi connectivity index (χ1n) is 7.75. The SMILES string of the molecule is COc1ccc(C(=O)N2C[C@H]3[C@@H](CO)[C@@H]4CC[C@@]3(C2)O4)cn1. The number of ether oxygens (including phenoxy) is 2. The number of carbonyl (C=O) groups is 1. The lowest BCUT2D eigenvalue weighted by molar-refractivity contribution is 0.00154. The first-order valence-corrected chi connectivity index (χ1v) is 7.75. The molecule has 118 valence electrons. The minimum Gasteiger partial charge on any atom is -0.481 e. The van der Waals surface area contributed by atoms with Crippen molar-refractivity contribution in [2.45, 2.75) is 24.5 Å². The van der Waals surface area contributed by atoms with Gasteiger partial charge in [-0.1, -0.05) is 0 Å². The Balaban J connectivity index is 1.54. The molecule has 1 amide bonds. The second-order valence-electron chi connectivity index (χ2n) is 6.49. The molecule has 3 fully saturated rings. The molecule has 4 atom stereocenters. The molecule has 6 nitrogen and oxygen atoms in total. The summed E-state index contributed by atoms with van der Waals surface area (Å²) in [6.45, 7) is 1.42. The van der Waals surface area contributed by atoms with Crippen molar-refractivity contribution < 1.29 is 19.4 Å². The fraction of sp³-hybridized carbons (Fsp3) is 0.625. The molecule has 3 aliphatic rings. The summed E-state index contributed by atoms with van der Waals surface area (Å²) in [6.07, 6.45) is 3.71. The molecule has 1 aromatic heterocycles. The summed E-state index contributed by atoms with van der Waals surface area (Å²) in [5.74, 6) is 0.894. The topological polar surface area (TPSA) is 71.9 Å². The summed E-state index contributed by atoms with van der Waals surface area (Å²) in [5, 5.41) is 9.62. The maximum absolute atomic E-state index is 12.7. The Labute approximate surface area is 129 Å². The number of pyridine rings is 1. The van der Waals surface area contributed by atoms with E-state index in [1.54, 1.807) is 25.4 Å². The zero-order valence-electron chi connectivity index (χ0n) is 12.6. The molecule has 4 rings (SSSR count). The molecule has 0 aromatic carbocycles. The second kappa shape index (κ2) is 4.93. The van der Waals surface area contributed by atoms with E-state index in [4.69, 9.17) is 9.47 Å². The lowest BCUT2D eigenvalue weighted by Gasteiger charge is -2.27. The van der Waals surface area contributed by atoms with Crippen molar-refractivity contribution in [2.24, 2.45) is 11.8 Å². The number of amides is 1. The van der Waals surface area contributed by atoms with Crippen LogP contribution >= 0.6 is 0 Å². The molecule has 0 radical (unpaired) electrons. The van der Waals surface area contributed by atoms with Gasteiger partial charge in [-0.25, -0.2) is 4.98 Å². The van der Waals surface area contributed by atoms with Crippen molar-refractivity contribution in [3.63, 3.8) is 0 Å². The van der Waals surface area contributed by atoms with Crippen molar-refractivity contribution in [3.8, 4) is 5.88 Å². The predicted octanol–water partition coefficient (Wildman–Crippen LogP) is 0.702. The van der Waals surface area contributed by atoms with Crippen LogP contribution < -0.4 is 4.74 Å². The first-order chi connectivity index (χ1) is 10.7. The van der Waals surface area contributed by atoms with Crippen molar-refractivity contribution in [2.75, 3.05) is 26.8 Å². The van der Waals surface area contributed by atoms with E-state index in [9.17, 15) is 9.90 Å². The van der Waals surface area contributed by atoms with E-state index in [0.29, 0.717) is 24.5 Å². The summed E-state index contributed by atoms with van der Waals surface area (Å²) < 4.78 is 11.2. The van der Waals surface area contributed by atoms with Gasteiger partial charge < -0.3 is 19.5 Å². The highest BCUT2D eigenvalue weighted by Crippen LogP contribution is 2.54. The third kappa shape index (κ3) is 1.87. The van der Waals surface area contributed by atoms with Crippen LogP contribution in [0.25, 0.3) is 0 Å². The third-order valence-corrected chi connectivity index (χ3v) is 5.47. The summed E-state index contributed by atoms with van der Waals surface area (Å²) in [4.78, 5) is 18.6. The average Bonchev–Trinajstić information content (AvgIpc) is 3.21. The van der Waals surface area contributed by atoms with Gasteiger partial charge in [0, 0.05) is 37.3 Å². The van der Waals surface area contributed by atoms with Crippen LogP contribution in [0.2, 0.25) is 0 Å². The van der Waals surface area contributed by atoms with Gasteiger partial charge in [0.15, 0.2) is 0 Å². The Morgan fingerprint density at radius 3 is 3.14 bits per heavy atom. The van der Waals surface area contributed by atoms with Gasteiger partial charge >= 0.3 is 0 Å². The molecule has 1 aromatic rings. The molecule has 3 aliphatic heterocycles. The molecular weight excluding hydrogens is 284 g/mol. The fourth-order valence-electron chi connectivity index (χ4n) is 4.40. The van der Waals surface area contributed by atoms with Gasteiger partial charge in [0.25, 0.3) is 5.91 Å². The number of rotatable bonds is 3. The highest BCUT2D eigenvalue weighted by molar-refractivity contribution is 5.94. The standard InChI is InChI=1S/C16H20N2O4/c1-21-14-3-2-10(6-17-14)15(20)18-7-12-11(8-19)13-4-5-16(12,9-18)22-13/h2-3,6,11-13,19H,4-5,7-9H2,1H3/t11-,12+,13+,16+/m1/s1. The van der Waals surface area contributed by atoms with Crippen LogP contribution in [0.4, 0.5) is 0 Å². The van der Waals surface area contributed by atoms with Crippen molar-refractivity contribution >= 4 is 5.91 Å². The number of aromatic nitrogens is 1. The predicted molar refractivity (Wildman–Crippen MR) is 77.6 cm³/mol. The quantitative estimate of drug-likeness (QED) is 0.890. The molecule has 4 heterocycles. The highest BCUT2D eigenvalue weighted by atomic mass is 16.5. The Morgan fingerprint density at radius 1 is 1.59 bits per heavy atom. The maximum Gasteiger partial charge on any atom is 0.255 e. The number of carbonyl (C=O) groups excluding carboxylic acids is 1. The number of hydrogen-bond donors (Lipinski definition) is 1. The number of fused-ring (bicyclic) bond motifs is 1. The van der Waals surface area contributed by atoms with Crippen LogP contribution in [0, 0.1) is 11.8 Å². The molecule has 3 saturated heterocycles. The summed E-state index contributed by atoms with van der Waals surface area (Å²) in [7, 11) is 1.55. The van der Waals surface area contributed by atoms with Gasteiger partial charge in [-0.2, -0.15) is 0 Å². The minimum absolute atomic E-state index is 0.0253. The van der Waals surface area contributed by atoms with Gasteiger partial charge in [0.1, 0.15) is 0 Å². The number of nitrogens with zero attached hydrogens (tertiary/aromatic N) is 2. The molecule has 0 aliphatic carbocycles. The largest absolute Gasteiger partial charge is 0.481 e. The molecule has 0 saturated carbocycles. The summed E-state index contributed by atoms with van der Waals surface area (Å²) >= 11 is 0. The first kappa shape index (κ1) is 14.0. The van der Waals surface area contributed by atoms with Crippen molar-refractivity contribution in [1.29, 1.82) is 0 Å². The van der Waals surface area contributed by atoms with E-state index in [1.807, 2.05) is 4.90 Å². The number of likely N-dealkylation sites (tertiary alicyclic amines) is 1. The second-order valence-corrected chi connectivity index (χ2v) is 6.49. The molecule has 6 heteroatoms. The maximum atomic E-state index is 12.7.